The number of carbonyl (C=O) groups is 1. The maximum Gasteiger partial charge on any atom is 0.265 e. The number of carbonyl (C=O) groups excluding carboxylic acids is 1. The second kappa shape index (κ2) is 6.91. The van der Waals surface area contributed by atoms with Gasteiger partial charge < -0.3 is 4.90 Å². The van der Waals surface area contributed by atoms with E-state index in [2.05, 4.69) is 6.92 Å². The molecule has 0 aliphatic carbocycles. The summed E-state index contributed by atoms with van der Waals surface area (Å²) in [5, 5.41) is 1.72. The quantitative estimate of drug-likeness (QED) is 0.837. The smallest absolute Gasteiger partial charge is 0.265 e. The zero-order valence-electron chi connectivity index (χ0n) is 13.5. The predicted octanol–water partition coefficient (Wildman–Crippen LogP) is 2.79. The highest BCUT2D eigenvalue weighted by molar-refractivity contribution is 7.89. The van der Waals surface area contributed by atoms with Crippen molar-refractivity contribution in [3.05, 3.63) is 16.3 Å². The molecule has 0 bridgehead atoms. The van der Waals surface area contributed by atoms with Crippen molar-refractivity contribution in [2.24, 2.45) is 5.92 Å². The Bertz CT molecular complexity index is 663. The Hall–Kier alpha value is -0.920. The monoisotopic (exact) mass is 356 g/mol. The van der Waals surface area contributed by atoms with Gasteiger partial charge in [-0.2, -0.15) is 4.31 Å². The first-order valence-electron chi connectivity index (χ1n) is 8.37. The van der Waals surface area contributed by atoms with Crippen LogP contribution >= 0.6 is 11.3 Å². The number of likely N-dealkylation sites (tertiary alicyclic amines) is 1. The lowest BCUT2D eigenvalue weighted by atomic mass is 10.0. The van der Waals surface area contributed by atoms with Crippen LogP contribution in [0.4, 0.5) is 0 Å². The summed E-state index contributed by atoms with van der Waals surface area (Å²) in [7, 11) is -3.55. The standard InChI is InChI=1S/C16H24N2O3S2/c1-13-6-5-8-17(12-13)16(19)15-14(7-11-22-15)23(20,21)18-9-3-2-4-10-18/h7,11,13H,2-6,8-10,12H2,1H3. The van der Waals surface area contributed by atoms with E-state index in [1.54, 1.807) is 11.4 Å². The number of sulfonamides is 1. The summed E-state index contributed by atoms with van der Waals surface area (Å²) in [6.45, 7) is 4.71. The largest absolute Gasteiger partial charge is 0.338 e. The average Bonchev–Trinajstić information content (AvgIpc) is 3.05. The first kappa shape index (κ1) is 16.9. The van der Waals surface area contributed by atoms with E-state index in [-0.39, 0.29) is 10.8 Å². The normalized spacial score (nSPS) is 23.9. The minimum Gasteiger partial charge on any atom is -0.338 e. The van der Waals surface area contributed by atoms with Gasteiger partial charge in [0.25, 0.3) is 5.91 Å². The zero-order chi connectivity index (χ0) is 16.4. The minimum atomic E-state index is -3.55. The SMILES string of the molecule is CC1CCCN(C(=O)c2sccc2S(=O)(=O)N2CCCCC2)C1. The maximum atomic E-state index is 12.9. The summed E-state index contributed by atoms with van der Waals surface area (Å²) in [4.78, 5) is 15.2. The van der Waals surface area contributed by atoms with Crippen LogP contribution in [0, 0.1) is 5.92 Å². The van der Waals surface area contributed by atoms with Gasteiger partial charge in [-0.15, -0.1) is 11.3 Å². The lowest BCUT2D eigenvalue weighted by molar-refractivity contribution is 0.0684. The van der Waals surface area contributed by atoms with Gasteiger partial charge in [0, 0.05) is 26.2 Å². The van der Waals surface area contributed by atoms with E-state index in [4.69, 9.17) is 0 Å². The van der Waals surface area contributed by atoms with Gasteiger partial charge in [0.1, 0.15) is 9.77 Å². The number of nitrogens with zero attached hydrogens (tertiary/aromatic N) is 2. The van der Waals surface area contributed by atoms with E-state index in [9.17, 15) is 13.2 Å². The van der Waals surface area contributed by atoms with Gasteiger partial charge in [-0.05, 0) is 43.0 Å². The molecule has 0 spiro atoms. The Morgan fingerprint density at radius 1 is 1.17 bits per heavy atom. The van der Waals surface area contributed by atoms with Gasteiger partial charge in [-0.1, -0.05) is 13.3 Å². The fraction of sp³-hybridized carbons (Fsp3) is 0.688. The second-order valence-electron chi connectivity index (χ2n) is 6.58. The Balaban J connectivity index is 1.85. The molecule has 2 fully saturated rings. The highest BCUT2D eigenvalue weighted by Gasteiger charge is 2.33. The van der Waals surface area contributed by atoms with Gasteiger partial charge in [-0.3, -0.25) is 4.79 Å². The van der Waals surface area contributed by atoms with Gasteiger partial charge in [0.05, 0.1) is 0 Å². The Morgan fingerprint density at radius 3 is 2.61 bits per heavy atom. The summed E-state index contributed by atoms with van der Waals surface area (Å²) < 4.78 is 27.3. The molecule has 0 aromatic carbocycles. The van der Waals surface area contributed by atoms with Crippen LogP contribution in [0.1, 0.15) is 48.7 Å². The Kier molecular flexibility index (Phi) is 5.08. The van der Waals surface area contributed by atoms with Crippen LogP contribution < -0.4 is 0 Å². The van der Waals surface area contributed by atoms with Crippen molar-refractivity contribution in [3.8, 4) is 0 Å². The van der Waals surface area contributed by atoms with E-state index in [1.807, 2.05) is 4.90 Å². The lowest BCUT2D eigenvalue weighted by Crippen LogP contribution is -2.40. The molecule has 7 heteroatoms. The van der Waals surface area contributed by atoms with Crippen LogP contribution in [0.3, 0.4) is 0 Å². The van der Waals surface area contributed by atoms with Gasteiger partial charge in [0.15, 0.2) is 0 Å². The van der Waals surface area contributed by atoms with Crippen LogP contribution in [-0.4, -0.2) is 49.7 Å². The van der Waals surface area contributed by atoms with Gasteiger partial charge in [-0.25, -0.2) is 8.42 Å². The van der Waals surface area contributed by atoms with Crippen LogP contribution in [0.2, 0.25) is 0 Å². The van der Waals surface area contributed by atoms with E-state index >= 15 is 0 Å². The van der Waals surface area contributed by atoms with Crippen molar-refractivity contribution in [3.63, 3.8) is 0 Å². The van der Waals surface area contributed by atoms with Crippen molar-refractivity contribution in [2.75, 3.05) is 26.2 Å². The fourth-order valence-corrected chi connectivity index (χ4v) is 6.30. The van der Waals surface area contributed by atoms with Crippen molar-refractivity contribution in [2.45, 2.75) is 43.9 Å². The van der Waals surface area contributed by atoms with Crippen LogP contribution in [-0.2, 0) is 10.0 Å². The summed E-state index contributed by atoms with van der Waals surface area (Å²) in [6.07, 6.45) is 5.00. The zero-order valence-corrected chi connectivity index (χ0v) is 15.2. The van der Waals surface area contributed by atoms with E-state index in [1.165, 1.54) is 15.6 Å². The lowest BCUT2D eigenvalue weighted by Gasteiger charge is -2.31. The molecule has 0 N–H and O–H groups in total. The number of hydrogen-bond donors (Lipinski definition) is 0. The van der Waals surface area contributed by atoms with Crippen molar-refractivity contribution >= 4 is 27.3 Å². The number of amides is 1. The molecule has 2 aliphatic heterocycles. The Morgan fingerprint density at radius 2 is 1.91 bits per heavy atom. The number of hydrogen-bond acceptors (Lipinski definition) is 4. The van der Waals surface area contributed by atoms with E-state index in [0.717, 1.165) is 45.2 Å². The van der Waals surface area contributed by atoms with Crippen LogP contribution in [0.5, 0.6) is 0 Å². The number of rotatable bonds is 3. The minimum absolute atomic E-state index is 0.123. The van der Waals surface area contributed by atoms with E-state index < -0.39 is 10.0 Å². The summed E-state index contributed by atoms with van der Waals surface area (Å²) in [6, 6.07) is 1.59. The topological polar surface area (TPSA) is 57.7 Å². The molecular formula is C16H24N2O3S2. The average molecular weight is 357 g/mol. The molecule has 0 radical (unpaired) electrons. The van der Waals surface area contributed by atoms with Gasteiger partial charge >= 0.3 is 0 Å². The third kappa shape index (κ3) is 3.46. The third-order valence-electron chi connectivity index (χ3n) is 4.70. The molecule has 3 rings (SSSR count). The summed E-state index contributed by atoms with van der Waals surface area (Å²) >= 11 is 1.25. The molecule has 3 heterocycles. The molecule has 23 heavy (non-hydrogen) atoms. The first-order valence-corrected chi connectivity index (χ1v) is 10.7. The maximum absolute atomic E-state index is 12.9. The molecule has 1 atom stereocenters. The second-order valence-corrected chi connectivity index (χ2v) is 9.40. The van der Waals surface area contributed by atoms with E-state index in [0.29, 0.717) is 23.9 Å². The summed E-state index contributed by atoms with van der Waals surface area (Å²) in [5.74, 6) is 0.358. The first-order chi connectivity index (χ1) is 11.0. The highest BCUT2D eigenvalue weighted by atomic mass is 32.2. The van der Waals surface area contributed by atoms with Crippen molar-refractivity contribution < 1.29 is 13.2 Å². The number of thiophene rings is 1. The molecule has 1 aromatic heterocycles. The molecule has 2 aliphatic rings. The molecular weight excluding hydrogens is 332 g/mol. The molecule has 5 nitrogen and oxygen atoms in total. The molecule has 1 amide bonds. The molecule has 1 unspecified atom stereocenters. The van der Waals surface area contributed by atoms with Crippen molar-refractivity contribution in [1.29, 1.82) is 0 Å². The van der Waals surface area contributed by atoms with Gasteiger partial charge in [0.2, 0.25) is 10.0 Å². The molecule has 128 valence electrons. The fourth-order valence-electron chi connectivity index (χ4n) is 3.42. The van der Waals surface area contributed by atoms with Crippen molar-refractivity contribution in [1.82, 2.24) is 9.21 Å². The molecule has 0 saturated carbocycles. The molecule has 1 aromatic rings. The number of piperidine rings is 2. The van der Waals surface area contributed by atoms with Crippen LogP contribution in [0.15, 0.2) is 16.3 Å². The highest BCUT2D eigenvalue weighted by Crippen LogP contribution is 2.29. The third-order valence-corrected chi connectivity index (χ3v) is 7.67. The van der Waals surface area contributed by atoms with Crippen LogP contribution in [0.25, 0.3) is 0 Å². The predicted molar refractivity (Wildman–Crippen MR) is 91.2 cm³/mol. The summed E-state index contributed by atoms with van der Waals surface area (Å²) in [5.41, 5.74) is 0. The Labute approximate surface area is 142 Å². The molecule has 2 saturated heterocycles.